The van der Waals surface area contributed by atoms with Crippen LogP contribution in [0, 0.1) is 25.5 Å². The molecule has 0 fully saturated rings. The average Bonchev–Trinajstić information content (AvgIpc) is 3.48. The van der Waals surface area contributed by atoms with Gasteiger partial charge in [-0.1, -0.05) is 35.5 Å². The van der Waals surface area contributed by atoms with Gasteiger partial charge in [0.25, 0.3) is 0 Å². The number of carbonyl (C=O) groups excluding carboxylic acids is 2. The number of aryl methyl sites for hydroxylation is 2. The molecule has 39 heavy (non-hydrogen) atoms. The molecule has 2 aromatic carbocycles. The number of methoxy groups -OCH3 is 1. The van der Waals surface area contributed by atoms with Crippen LogP contribution in [0.3, 0.4) is 0 Å². The third-order valence-corrected chi connectivity index (χ3v) is 7.79. The monoisotopic (exact) mass is 572 g/mol. The number of hydrogen-bond donors (Lipinski definition) is 1. The zero-order valence-electron chi connectivity index (χ0n) is 21.9. The Kier molecular flexibility index (Phi) is 8.66. The van der Waals surface area contributed by atoms with Gasteiger partial charge in [-0.25, -0.2) is 13.6 Å². The minimum Gasteiger partial charge on any atom is -0.480 e. The smallest absolute Gasteiger partial charge is 0.341 e. The lowest BCUT2D eigenvalue weighted by atomic mass is 9.97. The number of ether oxygens (including phenoxy) is 2. The molecule has 4 aromatic rings. The van der Waals surface area contributed by atoms with Gasteiger partial charge in [0.15, 0.2) is 28.7 Å². The summed E-state index contributed by atoms with van der Waals surface area (Å²) in [6, 6.07) is 9.02. The molecule has 0 aliphatic rings. The maximum atomic E-state index is 14.0. The second kappa shape index (κ2) is 12.0. The van der Waals surface area contributed by atoms with E-state index in [4.69, 9.17) is 9.47 Å². The molecule has 8 nitrogen and oxygen atoms in total. The molecule has 0 saturated heterocycles. The molecule has 2 heterocycles. The van der Waals surface area contributed by atoms with Crippen LogP contribution >= 0.6 is 23.1 Å². The van der Waals surface area contributed by atoms with Crippen molar-refractivity contribution in [2.45, 2.75) is 32.0 Å². The first-order valence-corrected chi connectivity index (χ1v) is 13.7. The summed E-state index contributed by atoms with van der Waals surface area (Å²) in [5, 5.41) is 13.7. The molecule has 1 N–H and O–H groups in total. The normalized spacial score (nSPS) is 11.8. The minimum absolute atomic E-state index is 0.00881. The van der Waals surface area contributed by atoms with Crippen molar-refractivity contribution in [1.82, 2.24) is 14.8 Å². The van der Waals surface area contributed by atoms with Crippen molar-refractivity contribution in [1.29, 1.82) is 0 Å². The van der Waals surface area contributed by atoms with Gasteiger partial charge in [0.2, 0.25) is 5.91 Å². The van der Waals surface area contributed by atoms with E-state index in [1.807, 2.05) is 37.4 Å². The summed E-state index contributed by atoms with van der Waals surface area (Å²) in [5.41, 5.74) is 3.93. The number of halogens is 2. The first-order chi connectivity index (χ1) is 18.6. The number of nitrogens with zero attached hydrogens (tertiary/aromatic N) is 3. The van der Waals surface area contributed by atoms with Crippen molar-refractivity contribution < 1.29 is 27.8 Å². The van der Waals surface area contributed by atoms with Crippen molar-refractivity contribution in [2.24, 2.45) is 7.05 Å². The largest absolute Gasteiger partial charge is 0.480 e. The zero-order valence-corrected chi connectivity index (χ0v) is 23.5. The number of rotatable bonds is 9. The SMILES string of the molecule is COC(=O)c1c(-c2cc(C)ccc2C)csc1NC(=O)CSc1nnc(C(C)Oc2ccc(F)cc2F)n1C. The standard InChI is InChI=1S/C27H26F2N4O4S2/c1-14-6-7-15(2)18(10-14)19-12-38-25(23(19)26(35)36-5)30-22(34)13-39-27-32-31-24(33(27)4)16(3)37-21-9-8-17(28)11-20(21)29/h6-12,16H,13H2,1-5H3,(H,30,34). The highest BCUT2D eigenvalue weighted by atomic mass is 32.2. The summed E-state index contributed by atoms with van der Waals surface area (Å²) in [5.74, 6) is -2.14. The van der Waals surface area contributed by atoms with Gasteiger partial charge in [-0.2, -0.15) is 0 Å². The first kappa shape index (κ1) is 28.2. The molecule has 0 spiro atoms. The maximum absolute atomic E-state index is 14.0. The second-order valence-electron chi connectivity index (χ2n) is 8.73. The van der Waals surface area contributed by atoms with E-state index in [-0.39, 0.29) is 17.4 Å². The van der Waals surface area contributed by atoms with Crippen LogP contribution in [-0.4, -0.2) is 39.5 Å². The van der Waals surface area contributed by atoms with Gasteiger partial charge >= 0.3 is 5.97 Å². The van der Waals surface area contributed by atoms with Crippen LogP contribution in [0.2, 0.25) is 0 Å². The van der Waals surface area contributed by atoms with Crippen LogP contribution in [-0.2, 0) is 16.6 Å². The molecule has 2 aromatic heterocycles. The molecule has 1 unspecified atom stereocenters. The zero-order chi connectivity index (χ0) is 28.3. The molecular formula is C27H26F2N4O4S2. The summed E-state index contributed by atoms with van der Waals surface area (Å²) < 4.78 is 39.4. The fourth-order valence-electron chi connectivity index (χ4n) is 3.89. The number of nitrogens with one attached hydrogen (secondary N) is 1. The van der Waals surface area contributed by atoms with Crippen LogP contribution in [0.15, 0.2) is 46.9 Å². The number of amides is 1. The van der Waals surface area contributed by atoms with Crippen molar-refractivity contribution in [3.05, 3.63) is 75.9 Å². The van der Waals surface area contributed by atoms with Crippen molar-refractivity contribution in [3.63, 3.8) is 0 Å². The number of thioether (sulfide) groups is 1. The quantitative estimate of drug-likeness (QED) is 0.191. The van der Waals surface area contributed by atoms with Gasteiger partial charge in [-0.05, 0) is 44.0 Å². The Labute approximate surface area is 232 Å². The van der Waals surface area contributed by atoms with Gasteiger partial charge in [0.1, 0.15) is 16.4 Å². The van der Waals surface area contributed by atoms with Gasteiger partial charge in [0.05, 0.1) is 12.9 Å². The summed E-state index contributed by atoms with van der Waals surface area (Å²) in [4.78, 5) is 25.5. The van der Waals surface area contributed by atoms with Crippen molar-refractivity contribution in [3.8, 4) is 16.9 Å². The molecule has 0 aliphatic heterocycles. The molecule has 1 amide bonds. The van der Waals surface area contributed by atoms with Crippen LogP contribution in [0.5, 0.6) is 5.75 Å². The molecule has 0 saturated carbocycles. The minimum atomic E-state index is -0.823. The van der Waals surface area contributed by atoms with Gasteiger partial charge < -0.3 is 19.4 Å². The van der Waals surface area contributed by atoms with E-state index in [1.165, 1.54) is 24.5 Å². The Morgan fingerprint density at radius 3 is 2.62 bits per heavy atom. The summed E-state index contributed by atoms with van der Waals surface area (Å²) >= 11 is 2.39. The Balaban J connectivity index is 1.45. The number of hydrogen-bond acceptors (Lipinski definition) is 8. The van der Waals surface area contributed by atoms with Gasteiger partial charge in [0, 0.05) is 24.1 Å². The number of anilines is 1. The summed E-state index contributed by atoms with van der Waals surface area (Å²) in [6.07, 6.45) is -0.692. The number of aromatic nitrogens is 3. The number of thiophene rings is 1. The van der Waals surface area contributed by atoms with E-state index in [2.05, 4.69) is 15.5 Å². The van der Waals surface area contributed by atoms with E-state index in [1.54, 1.807) is 18.5 Å². The lowest BCUT2D eigenvalue weighted by Crippen LogP contribution is -2.16. The summed E-state index contributed by atoms with van der Waals surface area (Å²) in [6.45, 7) is 5.59. The molecule has 4 rings (SSSR count). The van der Waals surface area contributed by atoms with E-state index < -0.39 is 23.7 Å². The molecule has 0 radical (unpaired) electrons. The van der Waals surface area contributed by atoms with Gasteiger partial charge in [-0.15, -0.1) is 21.5 Å². The molecule has 1 atom stereocenters. The van der Waals surface area contributed by atoms with Gasteiger partial charge in [-0.3, -0.25) is 4.79 Å². The molecule has 0 bridgehead atoms. The van der Waals surface area contributed by atoms with Crippen molar-refractivity contribution >= 4 is 40.0 Å². The average molecular weight is 573 g/mol. The third-order valence-electron chi connectivity index (χ3n) is 5.88. The van der Waals surface area contributed by atoms with Crippen LogP contribution < -0.4 is 10.1 Å². The highest BCUT2D eigenvalue weighted by Gasteiger charge is 2.24. The first-order valence-electron chi connectivity index (χ1n) is 11.8. The van der Waals surface area contributed by atoms with Crippen LogP contribution in [0.25, 0.3) is 11.1 Å². The maximum Gasteiger partial charge on any atom is 0.341 e. The molecule has 204 valence electrons. The predicted octanol–water partition coefficient (Wildman–Crippen LogP) is 6.10. The number of benzene rings is 2. The highest BCUT2D eigenvalue weighted by molar-refractivity contribution is 7.99. The van der Waals surface area contributed by atoms with E-state index in [0.29, 0.717) is 27.1 Å². The Morgan fingerprint density at radius 1 is 1.13 bits per heavy atom. The molecule has 12 heteroatoms. The third kappa shape index (κ3) is 6.28. The Morgan fingerprint density at radius 2 is 1.90 bits per heavy atom. The molecule has 0 aliphatic carbocycles. The Bertz CT molecular complexity index is 1540. The summed E-state index contributed by atoms with van der Waals surface area (Å²) in [7, 11) is 3.00. The van der Waals surface area contributed by atoms with E-state index in [0.717, 1.165) is 40.6 Å². The Hall–Kier alpha value is -3.77. The lowest BCUT2D eigenvalue weighted by Gasteiger charge is -2.14. The second-order valence-corrected chi connectivity index (χ2v) is 10.6. The predicted molar refractivity (Wildman–Crippen MR) is 146 cm³/mol. The topological polar surface area (TPSA) is 95.3 Å². The number of carbonyl (C=O) groups is 2. The lowest BCUT2D eigenvalue weighted by molar-refractivity contribution is -0.113. The van der Waals surface area contributed by atoms with Crippen LogP contribution in [0.1, 0.15) is 40.3 Å². The van der Waals surface area contributed by atoms with Crippen molar-refractivity contribution in [2.75, 3.05) is 18.2 Å². The van der Waals surface area contributed by atoms with E-state index in [9.17, 15) is 18.4 Å². The fourth-order valence-corrected chi connectivity index (χ4v) is 5.57. The molecular weight excluding hydrogens is 546 g/mol. The van der Waals surface area contributed by atoms with E-state index >= 15 is 0 Å². The highest BCUT2D eigenvalue weighted by Crippen LogP contribution is 2.38. The fraction of sp³-hybridized carbons (Fsp3) is 0.259. The number of esters is 1. The van der Waals surface area contributed by atoms with Crippen LogP contribution in [0.4, 0.5) is 13.8 Å².